The maximum atomic E-state index is 2.71. The Morgan fingerprint density at radius 2 is 0.511 bits per heavy atom. The molecule has 45 heavy (non-hydrogen) atoms. The summed E-state index contributed by atoms with van der Waals surface area (Å²) in [6.07, 6.45) is 55.9. The van der Waals surface area contributed by atoms with Crippen LogP contribution >= 0.6 is 0 Å². The molecule has 268 valence electrons. The van der Waals surface area contributed by atoms with E-state index in [0.29, 0.717) is 6.17 Å². The van der Waals surface area contributed by atoms with Crippen LogP contribution in [0.4, 0.5) is 0 Å². The van der Waals surface area contributed by atoms with Crippen molar-refractivity contribution in [2.24, 2.45) is 0 Å². The second kappa shape index (κ2) is 34.7. The first kappa shape index (κ1) is 42.4. The van der Waals surface area contributed by atoms with E-state index < -0.39 is 0 Å². The summed E-state index contributed by atoms with van der Waals surface area (Å²) in [7, 11) is 0. The van der Waals surface area contributed by atoms with E-state index in [-0.39, 0.29) is 0 Å². The number of unbranched alkanes of at least 4 members (excludes halogenated alkanes) is 31. The van der Waals surface area contributed by atoms with Gasteiger partial charge in [-0.2, -0.15) is 0 Å². The molecule has 0 amide bonds. The SMILES string of the molecule is CCCCCCCCCCCCCCCCCCCC1N(CCCCCC)C=CN1CCCCCCCCCCCCCCC. The van der Waals surface area contributed by atoms with Crippen molar-refractivity contribution in [1.29, 1.82) is 0 Å². The highest BCUT2D eigenvalue weighted by atomic mass is 15.4. The second-order valence-corrected chi connectivity index (χ2v) is 15.0. The van der Waals surface area contributed by atoms with Crippen LogP contribution in [0.3, 0.4) is 0 Å². The summed E-state index contributed by atoms with van der Waals surface area (Å²) in [6.45, 7) is 9.48. The zero-order chi connectivity index (χ0) is 32.3. The maximum Gasteiger partial charge on any atom is 0.101 e. The summed E-state index contributed by atoms with van der Waals surface area (Å²) in [6, 6.07) is 0. The first-order chi connectivity index (χ1) is 22.3. The molecule has 0 radical (unpaired) electrons. The lowest BCUT2D eigenvalue weighted by Gasteiger charge is -2.33. The van der Waals surface area contributed by atoms with E-state index >= 15 is 0 Å². The van der Waals surface area contributed by atoms with Crippen LogP contribution in [0.2, 0.25) is 0 Å². The Balaban J connectivity index is 2.07. The largest absolute Gasteiger partial charge is 0.356 e. The highest BCUT2D eigenvalue weighted by Gasteiger charge is 2.24. The molecule has 0 fully saturated rings. The predicted molar refractivity (Wildman–Crippen MR) is 205 cm³/mol. The fraction of sp³-hybridized carbons (Fsp3) is 0.953. The van der Waals surface area contributed by atoms with Gasteiger partial charge in [0.15, 0.2) is 0 Å². The van der Waals surface area contributed by atoms with Gasteiger partial charge in [0, 0.05) is 25.5 Å². The van der Waals surface area contributed by atoms with E-state index in [1.165, 1.54) is 238 Å². The minimum atomic E-state index is 0.639. The van der Waals surface area contributed by atoms with Crippen molar-refractivity contribution >= 4 is 0 Å². The molecule has 0 bridgehead atoms. The molecule has 1 unspecified atom stereocenters. The Morgan fingerprint density at radius 3 is 0.800 bits per heavy atom. The molecule has 1 heterocycles. The van der Waals surface area contributed by atoms with Gasteiger partial charge in [0.05, 0.1) is 0 Å². The van der Waals surface area contributed by atoms with Crippen LogP contribution < -0.4 is 0 Å². The minimum absolute atomic E-state index is 0.639. The number of hydrogen-bond acceptors (Lipinski definition) is 2. The first-order valence-corrected chi connectivity index (χ1v) is 21.5. The number of nitrogens with zero attached hydrogens (tertiary/aromatic N) is 2. The van der Waals surface area contributed by atoms with Crippen LogP contribution in [-0.2, 0) is 0 Å². The van der Waals surface area contributed by atoms with Crippen molar-refractivity contribution in [2.45, 2.75) is 252 Å². The van der Waals surface area contributed by atoms with E-state index in [1.54, 1.807) is 0 Å². The molecule has 0 aromatic rings. The molecule has 0 aliphatic carbocycles. The summed E-state index contributed by atoms with van der Waals surface area (Å²) >= 11 is 0. The van der Waals surface area contributed by atoms with E-state index in [1.807, 2.05) is 0 Å². The molecule has 2 nitrogen and oxygen atoms in total. The zero-order valence-electron chi connectivity index (χ0n) is 31.8. The van der Waals surface area contributed by atoms with Gasteiger partial charge in [-0.15, -0.1) is 0 Å². The van der Waals surface area contributed by atoms with E-state index in [0.717, 1.165) is 0 Å². The molecular formula is C43H86N2. The van der Waals surface area contributed by atoms with Crippen LogP contribution in [0.15, 0.2) is 12.4 Å². The van der Waals surface area contributed by atoms with Crippen molar-refractivity contribution in [3.05, 3.63) is 12.4 Å². The van der Waals surface area contributed by atoms with Gasteiger partial charge in [0.2, 0.25) is 0 Å². The summed E-state index contributed by atoms with van der Waals surface area (Å²) in [5, 5.41) is 0. The Kier molecular flexibility index (Phi) is 32.6. The molecule has 1 aliphatic rings. The molecule has 0 N–H and O–H groups in total. The fourth-order valence-corrected chi connectivity index (χ4v) is 7.42. The van der Waals surface area contributed by atoms with Crippen LogP contribution in [0, 0.1) is 0 Å². The lowest BCUT2D eigenvalue weighted by atomic mass is 10.0. The van der Waals surface area contributed by atoms with Gasteiger partial charge < -0.3 is 9.80 Å². The van der Waals surface area contributed by atoms with Gasteiger partial charge in [0.1, 0.15) is 6.17 Å². The number of hydrogen-bond donors (Lipinski definition) is 0. The Labute approximate surface area is 286 Å². The first-order valence-electron chi connectivity index (χ1n) is 21.5. The molecule has 1 atom stereocenters. The van der Waals surface area contributed by atoms with E-state index in [4.69, 9.17) is 0 Å². The Hall–Kier alpha value is -0.660. The van der Waals surface area contributed by atoms with Gasteiger partial charge in [0.25, 0.3) is 0 Å². The third kappa shape index (κ3) is 27.0. The van der Waals surface area contributed by atoms with Crippen molar-refractivity contribution in [3.63, 3.8) is 0 Å². The quantitative estimate of drug-likeness (QED) is 0.0630. The van der Waals surface area contributed by atoms with E-state index in [9.17, 15) is 0 Å². The third-order valence-electron chi connectivity index (χ3n) is 10.6. The molecular weight excluding hydrogens is 544 g/mol. The van der Waals surface area contributed by atoms with Crippen LogP contribution in [0.5, 0.6) is 0 Å². The van der Waals surface area contributed by atoms with Gasteiger partial charge in [-0.05, 0) is 25.7 Å². The van der Waals surface area contributed by atoms with Crippen molar-refractivity contribution in [2.75, 3.05) is 13.1 Å². The zero-order valence-corrected chi connectivity index (χ0v) is 31.8. The van der Waals surface area contributed by atoms with Gasteiger partial charge in [-0.3, -0.25) is 0 Å². The lowest BCUT2D eigenvalue weighted by molar-refractivity contribution is 0.135. The minimum Gasteiger partial charge on any atom is -0.356 e. The lowest BCUT2D eigenvalue weighted by Crippen LogP contribution is -2.39. The molecule has 2 heteroatoms. The van der Waals surface area contributed by atoms with Gasteiger partial charge in [-0.1, -0.05) is 220 Å². The maximum absolute atomic E-state index is 2.71. The van der Waals surface area contributed by atoms with Crippen molar-refractivity contribution in [3.8, 4) is 0 Å². The molecule has 1 rings (SSSR count). The normalized spacial score (nSPS) is 14.8. The van der Waals surface area contributed by atoms with Crippen LogP contribution in [0.1, 0.15) is 245 Å². The van der Waals surface area contributed by atoms with E-state index in [2.05, 4.69) is 43.0 Å². The monoisotopic (exact) mass is 631 g/mol. The number of rotatable bonds is 37. The topological polar surface area (TPSA) is 6.48 Å². The highest BCUT2D eigenvalue weighted by molar-refractivity contribution is 4.97. The fourth-order valence-electron chi connectivity index (χ4n) is 7.42. The third-order valence-corrected chi connectivity index (χ3v) is 10.6. The smallest absolute Gasteiger partial charge is 0.101 e. The molecule has 0 aromatic carbocycles. The molecule has 1 aliphatic heterocycles. The highest BCUT2D eigenvalue weighted by Crippen LogP contribution is 2.24. The molecule has 0 saturated heterocycles. The Bertz CT molecular complexity index is 586. The second-order valence-electron chi connectivity index (χ2n) is 15.0. The molecule has 0 spiro atoms. The average Bonchev–Trinajstić information content (AvgIpc) is 3.44. The average molecular weight is 631 g/mol. The predicted octanol–water partition coefficient (Wildman–Crippen LogP) is 15.1. The summed E-state index contributed by atoms with van der Waals surface area (Å²) < 4.78 is 0. The van der Waals surface area contributed by atoms with Gasteiger partial charge >= 0.3 is 0 Å². The van der Waals surface area contributed by atoms with Crippen molar-refractivity contribution in [1.82, 2.24) is 9.80 Å². The standard InChI is InChI=1S/C43H86N2/c1-4-7-10-13-15-17-19-21-22-23-24-25-27-29-31-33-35-38-43-44(39-36-12-9-6-3)41-42-45(43)40-37-34-32-30-28-26-20-18-16-14-11-8-5-2/h41-43H,4-40H2,1-3H3. The Morgan fingerprint density at radius 1 is 0.289 bits per heavy atom. The van der Waals surface area contributed by atoms with Crippen LogP contribution in [0.25, 0.3) is 0 Å². The molecule has 0 saturated carbocycles. The van der Waals surface area contributed by atoms with Gasteiger partial charge in [-0.25, -0.2) is 0 Å². The summed E-state index contributed by atoms with van der Waals surface area (Å²) in [5.74, 6) is 0. The molecule has 0 aromatic heterocycles. The summed E-state index contributed by atoms with van der Waals surface area (Å²) in [5.41, 5.74) is 0. The van der Waals surface area contributed by atoms with Crippen molar-refractivity contribution < 1.29 is 0 Å². The van der Waals surface area contributed by atoms with Crippen LogP contribution in [-0.4, -0.2) is 29.1 Å². The summed E-state index contributed by atoms with van der Waals surface area (Å²) in [4.78, 5) is 5.41.